The van der Waals surface area contributed by atoms with Gasteiger partial charge in [0.25, 0.3) is 0 Å². The van der Waals surface area contributed by atoms with Crippen molar-refractivity contribution >= 4 is 15.7 Å². The van der Waals surface area contributed by atoms with E-state index in [9.17, 15) is 8.42 Å². The summed E-state index contributed by atoms with van der Waals surface area (Å²) in [6.45, 7) is 4.67. The van der Waals surface area contributed by atoms with E-state index in [1.54, 1.807) is 33.1 Å². The quantitative estimate of drug-likeness (QED) is 0.791. The number of aryl methyl sites for hydroxylation is 1. The second-order valence-electron chi connectivity index (χ2n) is 4.01. The molecule has 6 heteroatoms. The van der Waals surface area contributed by atoms with Crippen LogP contribution in [-0.4, -0.2) is 39.5 Å². The number of likely N-dealkylation sites (N-methyl/N-ethyl adjacent to an activating group) is 1. The Bertz CT molecular complexity index is 500. The topological polar surface area (TPSA) is 72.6 Å². The monoisotopic (exact) mass is 272 g/mol. The molecule has 102 valence electrons. The molecule has 0 aliphatic heterocycles. The van der Waals surface area contributed by atoms with Crippen LogP contribution in [0.15, 0.2) is 23.1 Å². The van der Waals surface area contributed by atoms with E-state index in [4.69, 9.17) is 10.5 Å². The average Bonchev–Trinajstić information content (AvgIpc) is 2.33. The Labute approximate surface area is 109 Å². The normalized spacial score (nSPS) is 12.0. The number of nitrogens with two attached hydrogens (primary N) is 1. The third-order valence-corrected chi connectivity index (χ3v) is 4.84. The van der Waals surface area contributed by atoms with Gasteiger partial charge in [-0.25, -0.2) is 8.42 Å². The molecule has 0 saturated carbocycles. The summed E-state index contributed by atoms with van der Waals surface area (Å²) >= 11 is 0. The molecule has 5 nitrogen and oxygen atoms in total. The fourth-order valence-electron chi connectivity index (χ4n) is 1.68. The third kappa shape index (κ3) is 3.22. The number of benzene rings is 1. The van der Waals surface area contributed by atoms with Crippen molar-refractivity contribution < 1.29 is 13.2 Å². The summed E-state index contributed by atoms with van der Waals surface area (Å²) in [5.41, 5.74) is 6.80. The number of nitrogens with zero attached hydrogens (tertiary/aromatic N) is 1. The van der Waals surface area contributed by atoms with E-state index in [1.807, 2.05) is 0 Å². The molecule has 0 aliphatic rings. The highest BCUT2D eigenvalue weighted by molar-refractivity contribution is 7.89. The Morgan fingerprint density at radius 3 is 2.61 bits per heavy atom. The molecular weight excluding hydrogens is 252 g/mol. The van der Waals surface area contributed by atoms with Gasteiger partial charge in [0.05, 0.1) is 11.5 Å². The minimum absolute atomic E-state index is 0.264. The zero-order chi connectivity index (χ0) is 13.8. The molecule has 0 saturated heterocycles. The molecule has 2 N–H and O–H groups in total. The molecule has 18 heavy (non-hydrogen) atoms. The summed E-state index contributed by atoms with van der Waals surface area (Å²) in [4.78, 5) is 0.264. The van der Waals surface area contributed by atoms with Gasteiger partial charge < -0.3 is 10.5 Å². The van der Waals surface area contributed by atoms with Crippen LogP contribution in [0.4, 0.5) is 5.69 Å². The Morgan fingerprint density at radius 1 is 1.39 bits per heavy atom. The lowest BCUT2D eigenvalue weighted by molar-refractivity contribution is 0.180. The second kappa shape index (κ2) is 6.17. The molecule has 0 fully saturated rings. The first-order valence-electron chi connectivity index (χ1n) is 5.78. The number of nitrogen functional groups attached to an aromatic ring is 1. The lowest BCUT2D eigenvalue weighted by atomic mass is 10.2. The highest BCUT2D eigenvalue weighted by Crippen LogP contribution is 2.22. The highest BCUT2D eigenvalue weighted by Gasteiger charge is 2.24. The number of hydrogen-bond donors (Lipinski definition) is 1. The van der Waals surface area contributed by atoms with E-state index in [2.05, 4.69) is 0 Å². The van der Waals surface area contributed by atoms with Crippen LogP contribution in [0.2, 0.25) is 0 Å². The van der Waals surface area contributed by atoms with Crippen LogP contribution in [0.1, 0.15) is 12.5 Å². The van der Waals surface area contributed by atoms with E-state index < -0.39 is 10.0 Å². The average molecular weight is 272 g/mol. The molecule has 0 radical (unpaired) electrons. The minimum atomic E-state index is -3.50. The summed E-state index contributed by atoms with van der Waals surface area (Å²) in [6.07, 6.45) is 0. The molecule has 1 aromatic carbocycles. The van der Waals surface area contributed by atoms with Gasteiger partial charge >= 0.3 is 0 Å². The lowest BCUT2D eigenvalue weighted by Gasteiger charge is -2.21. The van der Waals surface area contributed by atoms with E-state index in [0.29, 0.717) is 30.9 Å². The van der Waals surface area contributed by atoms with Gasteiger partial charge in [-0.05, 0) is 24.6 Å². The number of hydrogen-bond acceptors (Lipinski definition) is 4. The molecule has 1 aromatic rings. The number of ether oxygens (including phenoxy) is 1. The minimum Gasteiger partial charge on any atom is -0.399 e. The molecule has 0 heterocycles. The van der Waals surface area contributed by atoms with Crippen LogP contribution in [-0.2, 0) is 14.8 Å². The van der Waals surface area contributed by atoms with Gasteiger partial charge in [-0.15, -0.1) is 0 Å². The largest absolute Gasteiger partial charge is 0.399 e. The predicted molar refractivity (Wildman–Crippen MR) is 71.9 cm³/mol. The van der Waals surface area contributed by atoms with E-state index in [-0.39, 0.29) is 4.90 Å². The maximum atomic E-state index is 12.5. The van der Waals surface area contributed by atoms with Crippen LogP contribution in [0.3, 0.4) is 0 Å². The van der Waals surface area contributed by atoms with Crippen molar-refractivity contribution in [1.82, 2.24) is 4.31 Å². The molecular formula is C12H20N2O3S. The molecule has 0 aliphatic carbocycles. The molecule has 0 bridgehead atoms. The van der Waals surface area contributed by atoms with Gasteiger partial charge in [0.1, 0.15) is 0 Å². The van der Waals surface area contributed by atoms with Gasteiger partial charge in [-0.2, -0.15) is 4.31 Å². The standard InChI is InChI=1S/C12H20N2O3S/c1-4-14(7-8-17-3)18(15,16)12-9-11(13)6-5-10(12)2/h5-6,9H,4,7-8,13H2,1-3H3. The number of methoxy groups -OCH3 is 1. The van der Waals surface area contributed by atoms with Crippen molar-refractivity contribution in [2.24, 2.45) is 0 Å². The number of anilines is 1. The first-order valence-corrected chi connectivity index (χ1v) is 7.22. The summed E-state index contributed by atoms with van der Waals surface area (Å²) < 4.78 is 31.2. The van der Waals surface area contributed by atoms with Gasteiger partial charge in [0.15, 0.2) is 0 Å². The molecule has 0 atom stereocenters. The van der Waals surface area contributed by atoms with Crippen LogP contribution in [0.5, 0.6) is 0 Å². The SMILES string of the molecule is CCN(CCOC)S(=O)(=O)c1cc(N)ccc1C. The number of sulfonamides is 1. The fraction of sp³-hybridized carbons (Fsp3) is 0.500. The molecule has 0 unspecified atom stereocenters. The summed E-state index contributed by atoms with van der Waals surface area (Å²) in [5, 5.41) is 0. The molecule has 0 amide bonds. The Hall–Kier alpha value is -1.11. The zero-order valence-electron chi connectivity index (χ0n) is 11.0. The predicted octanol–water partition coefficient (Wildman–Crippen LogP) is 1.23. The first kappa shape index (κ1) is 14.9. The van der Waals surface area contributed by atoms with E-state index >= 15 is 0 Å². The van der Waals surface area contributed by atoms with Crippen LogP contribution in [0, 0.1) is 6.92 Å². The lowest BCUT2D eigenvalue weighted by Crippen LogP contribution is -2.34. The smallest absolute Gasteiger partial charge is 0.243 e. The van der Waals surface area contributed by atoms with Gasteiger partial charge in [0.2, 0.25) is 10.0 Å². The van der Waals surface area contributed by atoms with Gasteiger partial charge in [0, 0.05) is 25.9 Å². The second-order valence-corrected chi connectivity index (χ2v) is 5.92. The molecule has 0 aromatic heterocycles. The molecule has 0 spiro atoms. The van der Waals surface area contributed by atoms with Crippen molar-refractivity contribution in [2.45, 2.75) is 18.7 Å². The fourth-order valence-corrected chi connectivity index (χ4v) is 3.37. The van der Waals surface area contributed by atoms with Crippen LogP contribution < -0.4 is 5.73 Å². The van der Waals surface area contributed by atoms with Crippen molar-refractivity contribution in [3.63, 3.8) is 0 Å². The summed E-state index contributed by atoms with van der Waals surface area (Å²) in [5.74, 6) is 0. The first-order chi connectivity index (χ1) is 8.43. The van der Waals surface area contributed by atoms with Gasteiger partial charge in [-0.1, -0.05) is 13.0 Å². The molecule has 1 rings (SSSR count). The third-order valence-electron chi connectivity index (χ3n) is 2.73. The maximum Gasteiger partial charge on any atom is 0.243 e. The summed E-state index contributed by atoms with van der Waals surface area (Å²) in [7, 11) is -1.96. The van der Waals surface area contributed by atoms with Crippen molar-refractivity contribution in [3.05, 3.63) is 23.8 Å². The zero-order valence-corrected chi connectivity index (χ0v) is 11.8. The van der Waals surface area contributed by atoms with Gasteiger partial charge in [-0.3, -0.25) is 0 Å². The van der Waals surface area contributed by atoms with Crippen molar-refractivity contribution in [1.29, 1.82) is 0 Å². The maximum absolute atomic E-state index is 12.5. The Kier molecular flexibility index (Phi) is 5.13. The van der Waals surface area contributed by atoms with Crippen molar-refractivity contribution in [2.75, 3.05) is 32.5 Å². The summed E-state index contributed by atoms with van der Waals surface area (Å²) in [6, 6.07) is 4.91. The Balaban J connectivity index is 3.14. The van der Waals surface area contributed by atoms with Crippen molar-refractivity contribution in [3.8, 4) is 0 Å². The van der Waals surface area contributed by atoms with Crippen LogP contribution in [0.25, 0.3) is 0 Å². The van der Waals surface area contributed by atoms with E-state index in [1.165, 1.54) is 10.4 Å². The Morgan fingerprint density at radius 2 is 2.06 bits per heavy atom. The highest BCUT2D eigenvalue weighted by atomic mass is 32.2. The number of rotatable bonds is 6. The van der Waals surface area contributed by atoms with Crippen LogP contribution >= 0.6 is 0 Å². The van der Waals surface area contributed by atoms with E-state index in [0.717, 1.165) is 0 Å².